The van der Waals surface area contributed by atoms with Crippen molar-refractivity contribution in [1.29, 1.82) is 0 Å². The van der Waals surface area contributed by atoms with E-state index in [1.54, 1.807) is 5.16 Å². The van der Waals surface area contributed by atoms with Crippen LogP contribution in [-0.2, 0) is 0 Å². The molecular formula is C2F3NS2. The highest BCUT2D eigenvalue weighted by Gasteiger charge is 2.28. The Morgan fingerprint density at radius 2 is 2.00 bits per heavy atom. The van der Waals surface area contributed by atoms with Gasteiger partial charge in [0.2, 0.25) is 0 Å². The summed E-state index contributed by atoms with van der Waals surface area (Å²) in [6.45, 7) is 0. The predicted molar refractivity (Wildman–Crippen MR) is 28.7 cm³/mol. The van der Waals surface area contributed by atoms with Gasteiger partial charge in [0.1, 0.15) is 0 Å². The molecule has 0 unspecified atom stereocenters. The molecule has 0 saturated heterocycles. The smallest absolute Gasteiger partial charge is 0.159 e. The number of rotatable bonds is 1. The second-order valence-electron chi connectivity index (χ2n) is 0.720. The third-order valence-electron chi connectivity index (χ3n) is 0.186. The second-order valence-corrected chi connectivity index (χ2v) is 1.73. The van der Waals surface area contributed by atoms with Crippen molar-refractivity contribution in [1.82, 2.24) is 0 Å². The van der Waals surface area contributed by atoms with Gasteiger partial charge in [-0.05, 0) is 12.2 Å². The molecule has 0 aliphatic carbocycles. The van der Waals surface area contributed by atoms with Crippen LogP contribution in [0.4, 0.5) is 13.2 Å². The second kappa shape index (κ2) is 3.06. The molecule has 6 heteroatoms. The van der Waals surface area contributed by atoms with Gasteiger partial charge in [0.15, 0.2) is 0 Å². The topological polar surface area (TPSA) is 12.4 Å². The summed E-state index contributed by atoms with van der Waals surface area (Å²) in [5.74, 6) is 0. The molecule has 0 aliphatic rings. The highest BCUT2D eigenvalue weighted by molar-refractivity contribution is 7.99. The number of isothiocyanates is 1. The SMILES string of the molecule is FC(F)(F)SN=C=S. The maximum Gasteiger partial charge on any atom is 0.464 e. The molecule has 0 heterocycles. The number of alkyl halides is 3. The highest BCUT2D eigenvalue weighted by Crippen LogP contribution is 2.30. The molecule has 1 nitrogen and oxygen atoms in total. The Morgan fingerprint density at radius 3 is 2.12 bits per heavy atom. The Hall–Kier alpha value is -0.0600. The van der Waals surface area contributed by atoms with Crippen LogP contribution >= 0.6 is 24.2 Å². The Labute approximate surface area is 53.1 Å². The first-order valence-electron chi connectivity index (χ1n) is 1.38. The van der Waals surface area contributed by atoms with Crippen molar-refractivity contribution in [3.05, 3.63) is 0 Å². The van der Waals surface area contributed by atoms with Crippen LogP contribution in [0.2, 0.25) is 0 Å². The van der Waals surface area contributed by atoms with E-state index in [9.17, 15) is 13.2 Å². The van der Waals surface area contributed by atoms with Crippen molar-refractivity contribution in [3.63, 3.8) is 0 Å². The molecule has 0 saturated carbocycles. The van der Waals surface area contributed by atoms with Gasteiger partial charge in [0.25, 0.3) is 0 Å². The summed E-state index contributed by atoms with van der Waals surface area (Å²) in [6, 6.07) is 0. The first-order valence-corrected chi connectivity index (χ1v) is 2.56. The normalized spacial score (nSPS) is 10.4. The number of nitrogens with zero attached hydrogens (tertiary/aromatic N) is 1. The maximum atomic E-state index is 11.0. The molecule has 0 aromatic rings. The molecule has 0 atom stereocenters. The molecule has 0 fully saturated rings. The lowest BCUT2D eigenvalue weighted by Crippen LogP contribution is -1.95. The number of hydrogen-bond donors (Lipinski definition) is 0. The van der Waals surface area contributed by atoms with Crippen LogP contribution in [0.25, 0.3) is 0 Å². The zero-order chi connectivity index (χ0) is 6.62. The van der Waals surface area contributed by atoms with Gasteiger partial charge in [-0.3, -0.25) is 0 Å². The summed E-state index contributed by atoms with van der Waals surface area (Å²) in [6.07, 6.45) is 0. The molecule has 0 bridgehead atoms. The number of thiocarbonyl (C=S) groups is 1. The minimum Gasteiger partial charge on any atom is -0.159 e. The van der Waals surface area contributed by atoms with Gasteiger partial charge in [-0.2, -0.15) is 17.6 Å². The maximum absolute atomic E-state index is 11.0. The zero-order valence-corrected chi connectivity index (χ0v) is 5.03. The van der Waals surface area contributed by atoms with Gasteiger partial charge < -0.3 is 0 Å². The summed E-state index contributed by atoms with van der Waals surface area (Å²) in [5, 5.41) is 1.58. The third-order valence-corrected chi connectivity index (χ3v) is 0.783. The van der Waals surface area contributed by atoms with E-state index in [-0.39, 0.29) is 0 Å². The molecular weight excluding hydrogens is 159 g/mol. The van der Waals surface area contributed by atoms with Gasteiger partial charge in [0.05, 0.1) is 17.1 Å². The largest absolute Gasteiger partial charge is 0.464 e. The lowest BCUT2D eigenvalue weighted by atomic mass is 11.6. The van der Waals surface area contributed by atoms with Gasteiger partial charge in [-0.25, -0.2) is 0 Å². The van der Waals surface area contributed by atoms with Gasteiger partial charge in [-0.1, -0.05) is 0 Å². The fourth-order valence-corrected chi connectivity index (χ4v) is 0.323. The summed E-state index contributed by atoms with van der Waals surface area (Å²) < 4.78 is 35.7. The van der Waals surface area contributed by atoms with Crippen LogP contribution in [0.1, 0.15) is 0 Å². The molecule has 0 spiro atoms. The molecule has 0 radical (unpaired) electrons. The van der Waals surface area contributed by atoms with Crippen LogP contribution in [0.5, 0.6) is 0 Å². The van der Waals surface area contributed by atoms with E-state index in [4.69, 9.17) is 0 Å². The molecule has 0 rings (SSSR count). The van der Waals surface area contributed by atoms with Crippen molar-refractivity contribution >= 4 is 29.3 Å². The van der Waals surface area contributed by atoms with Crippen molar-refractivity contribution < 1.29 is 13.2 Å². The molecule has 0 aromatic carbocycles. The van der Waals surface area contributed by atoms with Gasteiger partial charge in [-0.15, -0.1) is 0 Å². The summed E-state index contributed by atoms with van der Waals surface area (Å²) in [7, 11) is 0. The Kier molecular flexibility index (Phi) is 3.04. The van der Waals surface area contributed by atoms with Crippen molar-refractivity contribution in [2.24, 2.45) is 4.40 Å². The lowest BCUT2D eigenvalue weighted by Gasteiger charge is -1.94. The van der Waals surface area contributed by atoms with E-state index in [0.717, 1.165) is 0 Å². The van der Waals surface area contributed by atoms with Crippen LogP contribution in [-0.4, -0.2) is 10.7 Å². The Morgan fingerprint density at radius 1 is 1.50 bits per heavy atom. The Balaban J connectivity index is 3.55. The molecule has 0 aromatic heterocycles. The zero-order valence-electron chi connectivity index (χ0n) is 3.40. The quantitative estimate of drug-likeness (QED) is 0.330. The average molecular weight is 159 g/mol. The fraction of sp³-hybridized carbons (Fsp3) is 0.500. The van der Waals surface area contributed by atoms with E-state index >= 15 is 0 Å². The average Bonchev–Trinajstić information content (AvgIpc) is 1.59. The van der Waals surface area contributed by atoms with E-state index in [0.29, 0.717) is 0 Å². The van der Waals surface area contributed by atoms with Crippen molar-refractivity contribution in [3.8, 4) is 0 Å². The minimum absolute atomic E-state index is 0.557. The summed E-state index contributed by atoms with van der Waals surface area (Å²) in [4.78, 5) is 0. The number of hydrogen-bond acceptors (Lipinski definition) is 3. The highest BCUT2D eigenvalue weighted by atomic mass is 32.2. The molecule has 0 aliphatic heterocycles. The monoisotopic (exact) mass is 159 g/mol. The molecule has 8 heavy (non-hydrogen) atoms. The predicted octanol–water partition coefficient (Wildman–Crippen LogP) is 2.26. The number of halogens is 3. The fourth-order valence-electron chi connectivity index (χ4n) is 0.0704. The van der Waals surface area contributed by atoms with Crippen molar-refractivity contribution in [2.75, 3.05) is 0 Å². The molecule has 0 N–H and O–H groups in total. The van der Waals surface area contributed by atoms with Crippen LogP contribution in [0, 0.1) is 0 Å². The van der Waals surface area contributed by atoms with Crippen LogP contribution in [0.3, 0.4) is 0 Å². The van der Waals surface area contributed by atoms with Gasteiger partial charge in [0, 0.05) is 0 Å². The third kappa shape index (κ3) is 5.94. The molecule has 46 valence electrons. The van der Waals surface area contributed by atoms with E-state index in [2.05, 4.69) is 16.6 Å². The first-order chi connectivity index (χ1) is 3.56. The van der Waals surface area contributed by atoms with Crippen LogP contribution in [0.15, 0.2) is 4.40 Å². The van der Waals surface area contributed by atoms with E-state index in [1.807, 2.05) is 0 Å². The van der Waals surface area contributed by atoms with E-state index in [1.165, 1.54) is 0 Å². The Bertz CT molecular complexity index is 113. The summed E-state index contributed by atoms with van der Waals surface area (Å²) >= 11 is 3.33. The van der Waals surface area contributed by atoms with E-state index < -0.39 is 17.5 Å². The minimum atomic E-state index is -4.33. The van der Waals surface area contributed by atoms with Gasteiger partial charge >= 0.3 is 5.51 Å². The van der Waals surface area contributed by atoms with Crippen molar-refractivity contribution in [2.45, 2.75) is 5.51 Å². The first kappa shape index (κ1) is 7.94. The summed E-state index contributed by atoms with van der Waals surface area (Å²) in [5.41, 5.74) is -4.33. The lowest BCUT2D eigenvalue weighted by molar-refractivity contribution is -0.0327. The van der Waals surface area contributed by atoms with Crippen LogP contribution < -0.4 is 0 Å². The molecule has 0 amide bonds. The standard InChI is InChI=1S/C2F3NS2/c3-2(4,5)8-6-1-7.